The fourth-order valence-corrected chi connectivity index (χ4v) is 2.97. The third kappa shape index (κ3) is 3.75. The smallest absolute Gasteiger partial charge is 0.230 e. The lowest BCUT2D eigenvalue weighted by Crippen LogP contribution is -2.16. The highest BCUT2D eigenvalue weighted by Gasteiger charge is 2.14. The standard InChI is InChI=1S/C20H15ClN4O2/c21-16-8-4-9-17(19(16)25-11-5-10-22-25)24-18(26)12-15-13-27-20(23-15)14-6-2-1-3-7-14/h1-11,13H,12H2,(H,24,26). The molecule has 0 aliphatic carbocycles. The summed E-state index contributed by atoms with van der Waals surface area (Å²) in [6.45, 7) is 0. The molecule has 2 aromatic heterocycles. The highest BCUT2D eigenvalue weighted by Crippen LogP contribution is 2.28. The Kier molecular flexibility index (Phi) is 4.72. The van der Waals surface area contributed by atoms with Gasteiger partial charge in [0.05, 0.1) is 22.8 Å². The van der Waals surface area contributed by atoms with Crippen LogP contribution in [0.15, 0.2) is 77.7 Å². The van der Waals surface area contributed by atoms with E-state index in [1.165, 1.54) is 6.26 Å². The van der Waals surface area contributed by atoms with Crippen LogP contribution in [0.3, 0.4) is 0 Å². The normalized spacial score (nSPS) is 10.7. The number of nitrogens with zero attached hydrogens (tertiary/aromatic N) is 3. The van der Waals surface area contributed by atoms with Crippen LogP contribution in [-0.2, 0) is 11.2 Å². The minimum absolute atomic E-state index is 0.0847. The van der Waals surface area contributed by atoms with Gasteiger partial charge in [-0.05, 0) is 30.3 Å². The fraction of sp³-hybridized carbons (Fsp3) is 0.0500. The lowest BCUT2D eigenvalue weighted by molar-refractivity contribution is -0.115. The zero-order chi connectivity index (χ0) is 18.6. The molecule has 0 saturated heterocycles. The van der Waals surface area contributed by atoms with E-state index in [0.29, 0.717) is 28.0 Å². The van der Waals surface area contributed by atoms with Crippen LogP contribution < -0.4 is 5.32 Å². The maximum atomic E-state index is 12.5. The van der Waals surface area contributed by atoms with E-state index in [1.54, 1.807) is 41.3 Å². The Labute approximate surface area is 160 Å². The third-order valence-electron chi connectivity index (χ3n) is 3.91. The Balaban J connectivity index is 1.51. The maximum absolute atomic E-state index is 12.5. The van der Waals surface area contributed by atoms with Gasteiger partial charge in [0.15, 0.2) is 0 Å². The first-order valence-corrected chi connectivity index (χ1v) is 8.67. The molecular formula is C20H15ClN4O2. The molecule has 0 unspecified atom stereocenters. The van der Waals surface area contributed by atoms with Crippen molar-refractivity contribution in [2.75, 3.05) is 5.32 Å². The van der Waals surface area contributed by atoms with E-state index < -0.39 is 0 Å². The van der Waals surface area contributed by atoms with Crippen molar-refractivity contribution >= 4 is 23.2 Å². The van der Waals surface area contributed by atoms with Gasteiger partial charge in [-0.2, -0.15) is 5.10 Å². The van der Waals surface area contributed by atoms with Crippen molar-refractivity contribution < 1.29 is 9.21 Å². The Hall–Kier alpha value is -3.38. The predicted octanol–water partition coefficient (Wildman–Crippen LogP) is 4.36. The number of anilines is 1. The average molecular weight is 379 g/mol. The molecule has 4 aromatic rings. The molecule has 6 nitrogen and oxygen atoms in total. The number of carbonyl (C=O) groups excluding carboxylic acids is 1. The Morgan fingerprint density at radius 2 is 1.96 bits per heavy atom. The van der Waals surface area contributed by atoms with Gasteiger partial charge in [-0.1, -0.05) is 35.9 Å². The Morgan fingerprint density at radius 1 is 1.11 bits per heavy atom. The van der Waals surface area contributed by atoms with Crippen molar-refractivity contribution in [2.24, 2.45) is 0 Å². The molecule has 4 rings (SSSR count). The summed E-state index contributed by atoms with van der Waals surface area (Å²) < 4.78 is 7.09. The number of rotatable bonds is 5. The minimum Gasteiger partial charge on any atom is -0.444 e. The van der Waals surface area contributed by atoms with Gasteiger partial charge >= 0.3 is 0 Å². The number of oxazole rings is 1. The molecule has 0 radical (unpaired) electrons. The number of nitrogens with one attached hydrogen (secondary N) is 1. The van der Waals surface area contributed by atoms with Crippen LogP contribution in [0.1, 0.15) is 5.69 Å². The minimum atomic E-state index is -0.224. The summed E-state index contributed by atoms with van der Waals surface area (Å²) in [5.74, 6) is 0.261. The largest absolute Gasteiger partial charge is 0.444 e. The predicted molar refractivity (Wildman–Crippen MR) is 103 cm³/mol. The molecule has 2 aromatic carbocycles. The monoisotopic (exact) mass is 378 g/mol. The van der Waals surface area contributed by atoms with Crippen LogP contribution in [0.5, 0.6) is 0 Å². The van der Waals surface area contributed by atoms with E-state index in [9.17, 15) is 4.79 Å². The molecule has 2 heterocycles. The molecule has 0 aliphatic rings. The number of para-hydroxylation sites is 1. The molecule has 1 N–H and O–H groups in total. The number of aromatic nitrogens is 3. The molecule has 1 amide bonds. The molecule has 0 spiro atoms. The van der Waals surface area contributed by atoms with Crippen LogP contribution in [-0.4, -0.2) is 20.7 Å². The quantitative estimate of drug-likeness (QED) is 0.560. The average Bonchev–Trinajstić information content (AvgIpc) is 3.35. The summed E-state index contributed by atoms with van der Waals surface area (Å²) in [7, 11) is 0. The maximum Gasteiger partial charge on any atom is 0.230 e. The number of benzene rings is 2. The zero-order valence-corrected chi connectivity index (χ0v) is 14.9. The van der Waals surface area contributed by atoms with Crippen LogP contribution in [0, 0.1) is 0 Å². The van der Waals surface area contributed by atoms with Gasteiger partial charge < -0.3 is 9.73 Å². The van der Waals surface area contributed by atoms with Gasteiger partial charge in [0, 0.05) is 18.0 Å². The van der Waals surface area contributed by atoms with Crippen LogP contribution >= 0.6 is 11.6 Å². The van der Waals surface area contributed by atoms with Crippen molar-refractivity contribution in [3.05, 3.63) is 84.0 Å². The number of hydrogen-bond donors (Lipinski definition) is 1. The van der Waals surface area contributed by atoms with Crippen molar-refractivity contribution in [1.82, 2.24) is 14.8 Å². The van der Waals surface area contributed by atoms with Crippen molar-refractivity contribution in [3.63, 3.8) is 0 Å². The van der Waals surface area contributed by atoms with E-state index in [1.807, 2.05) is 30.3 Å². The van der Waals surface area contributed by atoms with E-state index in [2.05, 4.69) is 15.4 Å². The summed E-state index contributed by atoms with van der Waals surface area (Å²) in [4.78, 5) is 16.9. The van der Waals surface area contributed by atoms with Crippen LogP contribution in [0.2, 0.25) is 5.02 Å². The first-order chi connectivity index (χ1) is 13.2. The highest BCUT2D eigenvalue weighted by molar-refractivity contribution is 6.33. The second kappa shape index (κ2) is 7.47. The number of carbonyl (C=O) groups is 1. The molecule has 0 fully saturated rings. The van der Waals surface area contributed by atoms with Gasteiger partial charge in [0.25, 0.3) is 0 Å². The highest BCUT2D eigenvalue weighted by atomic mass is 35.5. The number of amides is 1. The zero-order valence-electron chi connectivity index (χ0n) is 14.2. The van der Waals surface area contributed by atoms with Gasteiger partial charge in [-0.3, -0.25) is 4.79 Å². The molecule has 0 aliphatic heterocycles. The molecule has 0 atom stereocenters. The van der Waals surface area contributed by atoms with Crippen molar-refractivity contribution in [3.8, 4) is 17.1 Å². The van der Waals surface area contributed by atoms with E-state index in [4.69, 9.17) is 16.0 Å². The second-order valence-corrected chi connectivity index (χ2v) is 6.23. The summed E-state index contributed by atoms with van der Waals surface area (Å²) in [5, 5.41) is 7.55. The van der Waals surface area contributed by atoms with E-state index >= 15 is 0 Å². The van der Waals surface area contributed by atoms with Crippen LogP contribution in [0.25, 0.3) is 17.1 Å². The topological polar surface area (TPSA) is 73.0 Å². The van der Waals surface area contributed by atoms with Gasteiger partial charge in [0.1, 0.15) is 12.0 Å². The van der Waals surface area contributed by atoms with E-state index in [-0.39, 0.29) is 12.3 Å². The summed E-state index contributed by atoms with van der Waals surface area (Å²) >= 11 is 6.30. The lowest BCUT2D eigenvalue weighted by atomic mass is 10.2. The molecule has 7 heteroatoms. The van der Waals surface area contributed by atoms with Gasteiger partial charge in [-0.25, -0.2) is 9.67 Å². The first-order valence-electron chi connectivity index (χ1n) is 8.29. The first kappa shape index (κ1) is 17.1. The van der Waals surface area contributed by atoms with Crippen LogP contribution in [0.4, 0.5) is 5.69 Å². The summed E-state index contributed by atoms with van der Waals surface area (Å²) in [5.41, 5.74) is 2.60. The molecule has 0 bridgehead atoms. The second-order valence-electron chi connectivity index (χ2n) is 5.82. The molecular weight excluding hydrogens is 364 g/mol. The molecule has 0 saturated carbocycles. The lowest BCUT2D eigenvalue weighted by Gasteiger charge is -2.12. The fourth-order valence-electron chi connectivity index (χ4n) is 2.71. The molecule has 134 valence electrons. The van der Waals surface area contributed by atoms with Crippen molar-refractivity contribution in [2.45, 2.75) is 6.42 Å². The molecule has 27 heavy (non-hydrogen) atoms. The van der Waals surface area contributed by atoms with Crippen molar-refractivity contribution in [1.29, 1.82) is 0 Å². The van der Waals surface area contributed by atoms with Gasteiger partial charge in [-0.15, -0.1) is 0 Å². The Bertz CT molecular complexity index is 1060. The number of halogens is 1. The number of hydrogen-bond acceptors (Lipinski definition) is 4. The van der Waals surface area contributed by atoms with E-state index in [0.717, 1.165) is 5.56 Å². The third-order valence-corrected chi connectivity index (χ3v) is 4.21. The van der Waals surface area contributed by atoms with Gasteiger partial charge in [0.2, 0.25) is 11.8 Å². The SMILES string of the molecule is O=C(Cc1coc(-c2ccccc2)n1)Nc1cccc(Cl)c1-n1cccn1. The Morgan fingerprint density at radius 3 is 2.74 bits per heavy atom. The summed E-state index contributed by atoms with van der Waals surface area (Å²) in [6.07, 6.45) is 4.99. The summed E-state index contributed by atoms with van der Waals surface area (Å²) in [6, 6.07) is 16.6.